The third-order valence-corrected chi connectivity index (χ3v) is 5.31. The van der Waals surface area contributed by atoms with Crippen LogP contribution in [0.15, 0.2) is 91.0 Å². The summed E-state index contributed by atoms with van der Waals surface area (Å²) in [5.41, 5.74) is 5.09. The van der Waals surface area contributed by atoms with E-state index in [4.69, 9.17) is 15.2 Å². The molecule has 0 fully saturated rings. The highest BCUT2D eigenvalue weighted by Crippen LogP contribution is 2.38. The molecule has 6 nitrogen and oxygen atoms in total. The van der Waals surface area contributed by atoms with Gasteiger partial charge in [-0.15, -0.1) is 0 Å². The Bertz CT molecular complexity index is 1300. The van der Waals surface area contributed by atoms with Crippen LogP contribution in [0.2, 0.25) is 0 Å². The molecule has 160 valence electrons. The van der Waals surface area contributed by atoms with Gasteiger partial charge in [-0.2, -0.15) is 0 Å². The molecule has 0 aromatic heterocycles. The van der Waals surface area contributed by atoms with E-state index in [2.05, 4.69) is 0 Å². The third-order valence-electron chi connectivity index (χ3n) is 5.31. The van der Waals surface area contributed by atoms with E-state index < -0.39 is 17.5 Å². The van der Waals surface area contributed by atoms with Crippen molar-refractivity contribution < 1.29 is 24.2 Å². The van der Waals surface area contributed by atoms with Crippen LogP contribution in [0, 0.1) is 0 Å². The number of phenols is 1. The predicted molar refractivity (Wildman–Crippen MR) is 120 cm³/mol. The molecular weight excluding hydrogens is 406 g/mol. The van der Waals surface area contributed by atoms with Crippen LogP contribution < -0.4 is 10.5 Å². The zero-order chi connectivity index (χ0) is 22.7. The number of methoxy groups -OCH3 is 1. The number of nitrogens with two attached hydrogens (primary N) is 1. The summed E-state index contributed by atoms with van der Waals surface area (Å²) in [5, 5.41) is 11.3. The maximum atomic E-state index is 13.1. The Labute approximate surface area is 184 Å². The van der Waals surface area contributed by atoms with Gasteiger partial charge in [0, 0.05) is 11.1 Å². The second-order valence-corrected chi connectivity index (χ2v) is 7.24. The van der Waals surface area contributed by atoms with Crippen molar-refractivity contribution >= 4 is 22.6 Å². The zero-order valence-electron chi connectivity index (χ0n) is 17.3. The second kappa shape index (κ2) is 8.43. The highest BCUT2D eigenvalue weighted by Gasteiger charge is 2.46. The fourth-order valence-electron chi connectivity index (χ4n) is 3.80. The monoisotopic (exact) mass is 427 g/mol. The van der Waals surface area contributed by atoms with Gasteiger partial charge in [0.05, 0.1) is 12.7 Å². The number of fused-ring (bicyclic) bond motifs is 1. The lowest BCUT2D eigenvalue weighted by Crippen LogP contribution is -2.48. The molecule has 32 heavy (non-hydrogen) atoms. The number of benzene rings is 4. The lowest BCUT2D eigenvalue weighted by molar-refractivity contribution is -0.130. The molecule has 0 aliphatic heterocycles. The van der Waals surface area contributed by atoms with Crippen molar-refractivity contribution in [3.63, 3.8) is 0 Å². The maximum absolute atomic E-state index is 13.1. The minimum Gasteiger partial charge on any atom is -0.508 e. The highest BCUT2D eigenvalue weighted by molar-refractivity contribution is 5.97. The Morgan fingerprint density at radius 3 is 2.22 bits per heavy atom. The van der Waals surface area contributed by atoms with Crippen LogP contribution in [-0.2, 0) is 15.1 Å². The molecule has 0 bridgehead atoms. The average Bonchev–Trinajstić information content (AvgIpc) is 2.82. The Morgan fingerprint density at radius 2 is 1.50 bits per heavy atom. The van der Waals surface area contributed by atoms with Crippen molar-refractivity contribution in [2.45, 2.75) is 5.60 Å². The van der Waals surface area contributed by atoms with Gasteiger partial charge in [-0.3, -0.25) is 4.79 Å². The summed E-state index contributed by atoms with van der Waals surface area (Å²) >= 11 is 0. The summed E-state index contributed by atoms with van der Waals surface area (Å²) in [6.07, 6.45) is 0. The fourth-order valence-corrected chi connectivity index (χ4v) is 3.80. The summed E-state index contributed by atoms with van der Waals surface area (Å²) in [6, 6.07) is 25.5. The van der Waals surface area contributed by atoms with Crippen molar-refractivity contribution in [3.05, 3.63) is 108 Å². The molecule has 0 aliphatic carbocycles. The van der Waals surface area contributed by atoms with Crippen molar-refractivity contribution in [1.29, 1.82) is 0 Å². The molecule has 3 N–H and O–H groups in total. The first-order valence-electron chi connectivity index (χ1n) is 9.91. The van der Waals surface area contributed by atoms with Gasteiger partial charge in [-0.1, -0.05) is 60.7 Å². The number of esters is 1. The summed E-state index contributed by atoms with van der Waals surface area (Å²) in [6.45, 7) is 0. The summed E-state index contributed by atoms with van der Waals surface area (Å²) in [7, 11) is 1.27. The summed E-state index contributed by atoms with van der Waals surface area (Å²) in [4.78, 5) is 25.7. The van der Waals surface area contributed by atoms with E-state index in [9.17, 15) is 14.7 Å². The van der Waals surface area contributed by atoms with Crippen LogP contribution in [0.1, 0.15) is 21.5 Å². The van der Waals surface area contributed by atoms with Crippen LogP contribution in [-0.4, -0.2) is 24.1 Å². The Hall–Kier alpha value is -4.32. The maximum Gasteiger partial charge on any atom is 0.338 e. The molecule has 0 heterocycles. The van der Waals surface area contributed by atoms with Crippen LogP contribution in [0.4, 0.5) is 0 Å². The molecule has 6 heteroatoms. The molecule has 1 atom stereocenters. The molecule has 4 aromatic rings. The number of hydrogen-bond acceptors (Lipinski definition) is 5. The number of carbonyl (C=O) groups is 2. The van der Waals surface area contributed by atoms with Crippen molar-refractivity contribution in [2.24, 2.45) is 5.73 Å². The standard InChI is InChI=1S/C26H21NO5/c1-31-24(29)22-9-5-6-10-23(22)26(25(27)30,19-7-3-2-4-8-19)32-21-14-12-17-15-20(28)13-11-18(17)16-21/h2-16,28H,1H3,(H2,27,30). The zero-order valence-corrected chi connectivity index (χ0v) is 17.3. The number of phenolic OH excluding ortho intramolecular Hbond substituents is 1. The Kier molecular flexibility index (Phi) is 5.52. The normalized spacial score (nSPS) is 12.7. The molecule has 0 spiro atoms. The molecule has 4 rings (SSSR count). The van der Waals surface area contributed by atoms with E-state index in [0.717, 1.165) is 10.8 Å². The Balaban J connectivity index is 1.96. The molecule has 0 saturated carbocycles. The van der Waals surface area contributed by atoms with E-state index >= 15 is 0 Å². The van der Waals surface area contributed by atoms with Crippen LogP contribution in [0.5, 0.6) is 11.5 Å². The topological polar surface area (TPSA) is 98.8 Å². The van der Waals surface area contributed by atoms with Crippen molar-refractivity contribution in [1.82, 2.24) is 0 Å². The number of amides is 1. The van der Waals surface area contributed by atoms with Gasteiger partial charge in [0.1, 0.15) is 11.5 Å². The minimum atomic E-state index is -1.80. The lowest BCUT2D eigenvalue weighted by Gasteiger charge is -2.33. The van der Waals surface area contributed by atoms with Gasteiger partial charge in [0.2, 0.25) is 5.60 Å². The molecule has 1 unspecified atom stereocenters. The molecular formula is C26H21NO5. The SMILES string of the molecule is COC(=O)c1ccccc1C(Oc1ccc2cc(O)ccc2c1)(C(N)=O)c1ccccc1. The summed E-state index contributed by atoms with van der Waals surface area (Å²) < 4.78 is 11.3. The molecule has 4 aromatic carbocycles. The van der Waals surface area contributed by atoms with E-state index in [-0.39, 0.29) is 16.9 Å². The van der Waals surface area contributed by atoms with Crippen molar-refractivity contribution in [3.8, 4) is 11.5 Å². The van der Waals surface area contributed by atoms with Crippen LogP contribution in [0.3, 0.4) is 0 Å². The average molecular weight is 427 g/mol. The minimum absolute atomic E-state index is 0.147. The quantitative estimate of drug-likeness (QED) is 0.451. The number of rotatable bonds is 6. The smallest absolute Gasteiger partial charge is 0.338 e. The number of carbonyl (C=O) groups excluding carboxylic acids is 2. The molecule has 0 aliphatic rings. The Morgan fingerprint density at radius 1 is 0.844 bits per heavy atom. The molecule has 0 radical (unpaired) electrons. The van der Waals surface area contributed by atoms with Gasteiger partial charge in [0.25, 0.3) is 5.91 Å². The van der Waals surface area contributed by atoms with Crippen LogP contribution in [0.25, 0.3) is 10.8 Å². The first kappa shape index (κ1) is 20.9. The summed E-state index contributed by atoms with van der Waals surface area (Å²) in [5.74, 6) is -0.884. The van der Waals surface area contributed by atoms with E-state index in [0.29, 0.717) is 11.3 Å². The van der Waals surface area contributed by atoms with E-state index in [1.807, 2.05) is 6.07 Å². The first-order valence-corrected chi connectivity index (χ1v) is 9.91. The van der Waals surface area contributed by atoms with Gasteiger partial charge in [-0.05, 0) is 41.1 Å². The molecule has 0 saturated heterocycles. The van der Waals surface area contributed by atoms with Crippen molar-refractivity contribution in [2.75, 3.05) is 7.11 Å². The largest absolute Gasteiger partial charge is 0.508 e. The van der Waals surface area contributed by atoms with Gasteiger partial charge < -0.3 is 20.3 Å². The second-order valence-electron chi connectivity index (χ2n) is 7.24. The first-order chi connectivity index (χ1) is 15.5. The van der Waals surface area contributed by atoms with Gasteiger partial charge in [-0.25, -0.2) is 4.79 Å². The number of primary amides is 1. The lowest BCUT2D eigenvalue weighted by atomic mass is 9.82. The predicted octanol–water partition coefficient (Wildman–Crippen LogP) is 4.14. The molecule has 1 amide bonds. The van der Waals surface area contributed by atoms with Crippen LogP contribution >= 0.6 is 0 Å². The van der Waals surface area contributed by atoms with Gasteiger partial charge in [0.15, 0.2) is 0 Å². The van der Waals surface area contributed by atoms with E-state index in [1.165, 1.54) is 7.11 Å². The number of hydrogen-bond donors (Lipinski definition) is 2. The van der Waals surface area contributed by atoms with E-state index in [1.54, 1.807) is 84.9 Å². The number of ether oxygens (including phenoxy) is 2. The fraction of sp³-hybridized carbons (Fsp3) is 0.0769. The third kappa shape index (κ3) is 3.63. The number of aromatic hydroxyl groups is 1. The van der Waals surface area contributed by atoms with Gasteiger partial charge >= 0.3 is 5.97 Å². The highest BCUT2D eigenvalue weighted by atomic mass is 16.5.